The lowest BCUT2D eigenvalue weighted by Crippen LogP contribution is -2.02. The number of hydrogen-bond acceptors (Lipinski definition) is 3. The number of carbonyl (C=O) groups is 1. The molecule has 0 bridgehead atoms. The molecule has 3 aromatic rings. The smallest absolute Gasteiger partial charge is 0.336 e. The SMILES string of the molecule is COc1cccc(-c2cc(C(=O)O)c3ccc(C)c(C)c3n2)c1. The largest absolute Gasteiger partial charge is 0.497 e. The molecule has 0 amide bonds. The fourth-order valence-corrected chi connectivity index (χ4v) is 2.64. The van der Waals surface area contributed by atoms with Crippen LogP contribution in [0.2, 0.25) is 0 Å². The molecule has 1 heterocycles. The number of hydrogen-bond donors (Lipinski definition) is 1. The summed E-state index contributed by atoms with van der Waals surface area (Å²) in [6, 6.07) is 12.8. The second-order valence-electron chi connectivity index (χ2n) is 5.50. The number of benzene rings is 2. The number of pyridine rings is 1. The van der Waals surface area contributed by atoms with Crippen LogP contribution < -0.4 is 4.74 Å². The standard InChI is InChI=1S/C19H17NO3/c1-11-7-8-15-16(19(21)22)10-17(20-18(15)12(11)2)13-5-4-6-14(9-13)23-3/h4-10H,1-3H3,(H,21,22). The molecule has 0 aliphatic rings. The van der Waals surface area contributed by atoms with Gasteiger partial charge in [-0.25, -0.2) is 9.78 Å². The van der Waals surface area contributed by atoms with E-state index in [9.17, 15) is 9.90 Å². The van der Waals surface area contributed by atoms with Crippen molar-refractivity contribution in [1.29, 1.82) is 0 Å². The number of fused-ring (bicyclic) bond motifs is 1. The average molecular weight is 307 g/mol. The molecular weight excluding hydrogens is 290 g/mol. The van der Waals surface area contributed by atoms with E-state index in [0.29, 0.717) is 16.8 Å². The zero-order chi connectivity index (χ0) is 16.6. The van der Waals surface area contributed by atoms with E-state index in [4.69, 9.17) is 9.72 Å². The Hall–Kier alpha value is -2.88. The summed E-state index contributed by atoms with van der Waals surface area (Å²) in [6.45, 7) is 3.96. The van der Waals surface area contributed by atoms with E-state index >= 15 is 0 Å². The fourth-order valence-electron chi connectivity index (χ4n) is 2.64. The number of carboxylic acids is 1. The summed E-state index contributed by atoms with van der Waals surface area (Å²) >= 11 is 0. The first kappa shape index (κ1) is 15.0. The van der Waals surface area contributed by atoms with E-state index in [0.717, 1.165) is 22.2 Å². The highest BCUT2D eigenvalue weighted by molar-refractivity contribution is 6.04. The highest BCUT2D eigenvalue weighted by Gasteiger charge is 2.15. The lowest BCUT2D eigenvalue weighted by molar-refractivity contribution is 0.0699. The van der Waals surface area contributed by atoms with Gasteiger partial charge in [-0.05, 0) is 43.2 Å². The van der Waals surface area contributed by atoms with Crippen LogP contribution in [0.15, 0.2) is 42.5 Å². The van der Waals surface area contributed by atoms with Crippen molar-refractivity contribution >= 4 is 16.9 Å². The number of rotatable bonds is 3. The zero-order valence-corrected chi connectivity index (χ0v) is 13.3. The van der Waals surface area contributed by atoms with Crippen LogP contribution in [-0.4, -0.2) is 23.2 Å². The monoisotopic (exact) mass is 307 g/mol. The maximum atomic E-state index is 11.7. The minimum absolute atomic E-state index is 0.260. The summed E-state index contributed by atoms with van der Waals surface area (Å²) in [5.74, 6) is -0.243. The van der Waals surface area contributed by atoms with Crippen LogP contribution in [0.3, 0.4) is 0 Å². The van der Waals surface area contributed by atoms with E-state index in [2.05, 4.69) is 0 Å². The maximum Gasteiger partial charge on any atom is 0.336 e. The van der Waals surface area contributed by atoms with Gasteiger partial charge in [-0.15, -0.1) is 0 Å². The summed E-state index contributed by atoms with van der Waals surface area (Å²) in [5.41, 5.74) is 4.52. The molecule has 4 nitrogen and oxygen atoms in total. The first-order valence-electron chi connectivity index (χ1n) is 7.30. The Labute approximate surface area is 134 Å². The molecule has 116 valence electrons. The molecule has 0 saturated heterocycles. The number of aromatic carboxylic acids is 1. The third-order valence-electron chi connectivity index (χ3n) is 4.10. The number of nitrogens with zero attached hydrogens (tertiary/aromatic N) is 1. The topological polar surface area (TPSA) is 59.4 Å². The van der Waals surface area contributed by atoms with Gasteiger partial charge in [0.05, 0.1) is 23.9 Å². The van der Waals surface area contributed by atoms with Gasteiger partial charge < -0.3 is 9.84 Å². The maximum absolute atomic E-state index is 11.7. The Morgan fingerprint density at radius 2 is 1.91 bits per heavy atom. The number of carboxylic acid groups (broad SMARTS) is 1. The molecule has 1 aromatic heterocycles. The Kier molecular flexibility index (Phi) is 3.74. The molecular formula is C19H17NO3. The molecule has 0 fully saturated rings. The quantitative estimate of drug-likeness (QED) is 0.787. The molecule has 3 rings (SSSR count). The third kappa shape index (κ3) is 2.63. The van der Waals surface area contributed by atoms with Gasteiger partial charge in [0.25, 0.3) is 0 Å². The molecule has 0 saturated carbocycles. The normalized spacial score (nSPS) is 10.7. The Morgan fingerprint density at radius 3 is 2.61 bits per heavy atom. The van der Waals surface area contributed by atoms with Gasteiger partial charge in [0.2, 0.25) is 0 Å². The van der Waals surface area contributed by atoms with Gasteiger partial charge >= 0.3 is 5.97 Å². The van der Waals surface area contributed by atoms with E-state index in [1.54, 1.807) is 13.2 Å². The average Bonchev–Trinajstić information content (AvgIpc) is 2.57. The number of ether oxygens (including phenoxy) is 1. The summed E-state index contributed by atoms with van der Waals surface area (Å²) in [7, 11) is 1.60. The van der Waals surface area contributed by atoms with Crippen LogP contribution >= 0.6 is 0 Å². The molecule has 1 N–H and O–H groups in total. The number of aromatic nitrogens is 1. The summed E-state index contributed by atoms with van der Waals surface area (Å²) in [6.07, 6.45) is 0. The van der Waals surface area contributed by atoms with Crippen molar-refractivity contribution in [2.45, 2.75) is 13.8 Å². The van der Waals surface area contributed by atoms with Crippen molar-refractivity contribution in [3.05, 3.63) is 59.2 Å². The summed E-state index contributed by atoms with van der Waals surface area (Å²) < 4.78 is 5.24. The van der Waals surface area contributed by atoms with Gasteiger partial charge in [-0.1, -0.05) is 24.3 Å². The van der Waals surface area contributed by atoms with E-state index in [1.807, 2.05) is 50.2 Å². The van der Waals surface area contributed by atoms with Crippen molar-refractivity contribution in [2.75, 3.05) is 7.11 Å². The number of aryl methyl sites for hydroxylation is 2. The first-order valence-corrected chi connectivity index (χ1v) is 7.30. The van der Waals surface area contributed by atoms with Crippen molar-refractivity contribution in [1.82, 2.24) is 4.98 Å². The fraction of sp³-hybridized carbons (Fsp3) is 0.158. The highest BCUT2D eigenvalue weighted by atomic mass is 16.5. The van der Waals surface area contributed by atoms with E-state index in [1.165, 1.54) is 0 Å². The molecule has 23 heavy (non-hydrogen) atoms. The molecule has 0 radical (unpaired) electrons. The predicted octanol–water partition coefficient (Wildman–Crippen LogP) is 4.23. The minimum Gasteiger partial charge on any atom is -0.497 e. The van der Waals surface area contributed by atoms with Crippen molar-refractivity contribution in [3.63, 3.8) is 0 Å². The van der Waals surface area contributed by atoms with Gasteiger partial charge in [0, 0.05) is 10.9 Å². The van der Waals surface area contributed by atoms with Crippen LogP contribution in [-0.2, 0) is 0 Å². The van der Waals surface area contributed by atoms with Crippen molar-refractivity contribution < 1.29 is 14.6 Å². The van der Waals surface area contributed by atoms with Crippen LogP contribution in [0.4, 0.5) is 0 Å². The Bertz CT molecular complexity index is 916. The van der Waals surface area contributed by atoms with Crippen molar-refractivity contribution in [3.8, 4) is 17.0 Å². The van der Waals surface area contributed by atoms with E-state index < -0.39 is 5.97 Å². The molecule has 4 heteroatoms. The second-order valence-corrected chi connectivity index (χ2v) is 5.50. The molecule has 2 aromatic carbocycles. The highest BCUT2D eigenvalue weighted by Crippen LogP contribution is 2.29. The van der Waals surface area contributed by atoms with Gasteiger partial charge in [0.1, 0.15) is 5.75 Å². The third-order valence-corrected chi connectivity index (χ3v) is 4.10. The van der Waals surface area contributed by atoms with Crippen LogP contribution in [0.25, 0.3) is 22.2 Å². The minimum atomic E-state index is -0.954. The lowest BCUT2D eigenvalue weighted by atomic mass is 9.99. The first-order chi connectivity index (χ1) is 11.0. The van der Waals surface area contributed by atoms with E-state index in [-0.39, 0.29) is 5.56 Å². The van der Waals surface area contributed by atoms with Crippen LogP contribution in [0, 0.1) is 13.8 Å². The van der Waals surface area contributed by atoms with Crippen LogP contribution in [0.1, 0.15) is 21.5 Å². The Balaban J connectivity index is 2.33. The second kappa shape index (κ2) is 5.72. The Morgan fingerprint density at radius 1 is 1.13 bits per heavy atom. The molecule has 0 spiro atoms. The van der Waals surface area contributed by atoms with Crippen LogP contribution in [0.5, 0.6) is 5.75 Å². The molecule has 0 atom stereocenters. The predicted molar refractivity (Wildman–Crippen MR) is 90.2 cm³/mol. The molecule has 0 aliphatic heterocycles. The van der Waals surface area contributed by atoms with Gasteiger partial charge in [-0.3, -0.25) is 0 Å². The van der Waals surface area contributed by atoms with Gasteiger partial charge in [-0.2, -0.15) is 0 Å². The zero-order valence-electron chi connectivity index (χ0n) is 13.3. The summed E-state index contributed by atoms with van der Waals surface area (Å²) in [4.78, 5) is 16.4. The van der Waals surface area contributed by atoms with Crippen molar-refractivity contribution in [2.24, 2.45) is 0 Å². The molecule has 0 aliphatic carbocycles. The molecule has 0 unspecified atom stereocenters. The lowest BCUT2D eigenvalue weighted by Gasteiger charge is -2.11. The van der Waals surface area contributed by atoms with Gasteiger partial charge in [0.15, 0.2) is 0 Å². The number of methoxy groups -OCH3 is 1. The summed E-state index contributed by atoms with van der Waals surface area (Å²) in [5, 5.41) is 10.2.